The quantitative estimate of drug-likeness (QED) is 0.372. The number of benzene rings is 2. The average molecular weight is 518 g/mol. The number of aryl methyl sites for hydroxylation is 1. The van der Waals surface area contributed by atoms with Crippen LogP contribution in [0.2, 0.25) is 0 Å². The molecule has 0 radical (unpaired) electrons. The Hall–Kier alpha value is -2.49. The van der Waals surface area contributed by atoms with Gasteiger partial charge in [0, 0.05) is 25.2 Å². The molecule has 2 aromatic carbocycles. The van der Waals surface area contributed by atoms with Gasteiger partial charge in [-0.3, -0.25) is 4.79 Å². The van der Waals surface area contributed by atoms with Crippen LogP contribution in [0.15, 0.2) is 52.4 Å². The first-order valence-corrected chi connectivity index (χ1v) is 14.3. The average Bonchev–Trinajstić information content (AvgIpc) is 3.16. The summed E-state index contributed by atoms with van der Waals surface area (Å²) in [5.74, 6) is 0.761. The Morgan fingerprint density at radius 1 is 1.03 bits per heavy atom. The number of carbonyl (C=O) groups excluding carboxylic acids is 1. The van der Waals surface area contributed by atoms with Gasteiger partial charge in [0.1, 0.15) is 11.3 Å². The van der Waals surface area contributed by atoms with E-state index in [-0.39, 0.29) is 16.7 Å². The molecule has 1 amide bonds. The van der Waals surface area contributed by atoms with E-state index in [1.807, 2.05) is 64.3 Å². The van der Waals surface area contributed by atoms with Crippen LogP contribution in [0.3, 0.4) is 0 Å². The van der Waals surface area contributed by atoms with Gasteiger partial charge in [0.2, 0.25) is 10.0 Å². The van der Waals surface area contributed by atoms with E-state index in [0.29, 0.717) is 36.6 Å². The highest BCUT2D eigenvalue weighted by atomic mass is 32.2. The summed E-state index contributed by atoms with van der Waals surface area (Å²) in [5, 5.41) is 0. The molecule has 9 heteroatoms. The van der Waals surface area contributed by atoms with Gasteiger partial charge in [0.15, 0.2) is 4.80 Å². The Labute approximate surface area is 212 Å². The van der Waals surface area contributed by atoms with Gasteiger partial charge in [0.25, 0.3) is 5.91 Å². The molecule has 190 valence electrons. The zero-order chi connectivity index (χ0) is 25.8. The molecule has 0 atom stereocenters. The van der Waals surface area contributed by atoms with E-state index in [0.717, 1.165) is 16.0 Å². The van der Waals surface area contributed by atoms with Crippen molar-refractivity contribution in [3.63, 3.8) is 0 Å². The van der Waals surface area contributed by atoms with Crippen molar-refractivity contribution in [1.29, 1.82) is 0 Å². The van der Waals surface area contributed by atoms with Crippen LogP contribution in [0.1, 0.15) is 51.9 Å². The maximum atomic E-state index is 13.2. The van der Waals surface area contributed by atoms with Crippen molar-refractivity contribution in [2.45, 2.75) is 53.0 Å². The largest absolute Gasteiger partial charge is 0.492 e. The third-order valence-electron chi connectivity index (χ3n) is 5.35. The van der Waals surface area contributed by atoms with E-state index in [2.05, 4.69) is 4.99 Å². The molecule has 0 saturated carbocycles. The lowest BCUT2D eigenvalue weighted by atomic mass is 10.2. The van der Waals surface area contributed by atoms with Crippen molar-refractivity contribution in [3.05, 3.63) is 52.8 Å². The number of thiazole rings is 1. The molecule has 3 aromatic rings. The van der Waals surface area contributed by atoms with E-state index in [9.17, 15) is 13.2 Å². The lowest BCUT2D eigenvalue weighted by Gasteiger charge is -2.25. The van der Waals surface area contributed by atoms with Crippen molar-refractivity contribution in [2.24, 2.45) is 16.8 Å². The molecular formula is C26H35N3O4S2. The van der Waals surface area contributed by atoms with Crippen molar-refractivity contribution in [3.8, 4) is 5.75 Å². The van der Waals surface area contributed by atoms with E-state index < -0.39 is 15.9 Å². The van der Waals surface area contributed by atoms with E-state index >= 15 is 0 Å². The summed E-state index contributed by atoms with van der Waals surface area (Å²) in [6, 6.07) is 11.9. The van der Waals surface area contributed by atoms with E-state index in [4.69, 9.17) is 4.74 Å². The van der Waals surface area contributed by atoms with Crippen LogP contribution < -0.4 is 9.54 Å². The molecule has 7 nitrogen and oxygen atoms in total. The highest BCUT2D eigenvalue weighted by Gasteiger charge is 2.26. The minimum Gasteiger partial charge on any atom is -0.492 e. The summed E-state index contributed by atoms with van der Waals surface area (Å²) in [7, 11) is -3.66. The topological polar surface area (TPSA) is 81.0 Å². The number of nitrogens with zero attached hydrogens (tertiary/aromatic N) is 3. The fourth-order valence-electron chi connectivity index (χ4n) is 3.90. The van der Waals surface area contributed by atoms with Gasteiger partial charge >= 0.3 is 0 Å². The second kappa shape index (κ2) is 11.5. The Balaban J connectivity index is 1.95. The number of hydrogen-bond acceptors (Lipinski definition) is 5. The predicted molar refractivity (Wildman–Crippen MR) is 141 cm³/mol. The third kappa shape index (κ3) is 6.20. The van der Waals surface area contributed by atoms with Gasteiger partial charge in [-0.2, -0.15) is 9.30 Å². The molecular weight excluding hydrogens is 482 g/mol. The van der Waals surface area contributed by atoms with Gasteiger partial charge in [-0.1, -0.05) is 45.1 Å². The van der Waals surface area contributed by atoms with Gasteiger partial charge in [-0.15, -0.1) is 0 Å². The molecule has 0 bridgehead atoms. The predicted octanol–water partition coefficient (Wildman–Crippen LogP) is 5.17. The van der Waals surface area contributed by atoms with Crippen molar-refractivity contribution >= 4 is 37.5 Å². The fraction of sp³-hybridized carbons (Fsp3) is 0.462. The summed E-state index contributed by atoms with van der Waals surface area (Å²) in [6.07, 6.45) is 0. The van der Waals surface area contributed by atoms with Gasteiger partial charge < -0.3 is 9.30 Å². The molecule has 3 rings (SSSR count). The minimum absolute atomic E-state index is 0.183. The fourth-order valence-corrected chi connectivity index (χ4v) is 6.78. The molecule has 1 heterocycles. The third-order valence-corrected chi connectivity index (χ3v) is 8.24. The summed E-state index contributed by atoms with van der Waals surface area (Å²) in [5.41, 5.74) is 1.26. The van der Waals surface area contributed by atoms with Crippen LogP contribution in [0, 0.1) is 11.8 Å². The molecule has 0 aliphatic rings. The number of amides is 1. The molecule has 1 aromatic heterocycles. The second-order valence-electron chi connectivity index (χ2n) is 9.22. The number of sulfonamides is 1. The monoisotopic (exact) mass is 517 g/mol. The first-order valence-electron chi connectivity index (χ1n) is 12.0. The van der Waals surface area contributed by atoms with Crippen LogP contribution in [0.5, 0.6) is 5.75 Å². The first kappa shape index (κ1) is 27.1. The van der Waals surface area contributed by atoms with Crippen LogP contribution in [-0.4, -0.2) is 42.9 Å². The maximum Gasteiger partial charge on any atom is 0.279 e. The maximum absolute atomic E-state index is 13.2. The molecule has 0 unspecified atom stereocenters. The van der Waals surface area contributed by atoms with Crippen LogP contribution in [0.4, 0.5) is 0 Å². The normalized spacial score (nSPS) is 12.9. The van der Waals surface area contributed by atoms with E-state index in [1.165, 1.54) is 39.9 Å². The number of para-hydroxylation sites is 1. The van der Waals surface area contributed by atoms with Crippen molar-refractivity contribution in [1.82, 2.24) is 8.87 Å². The highest BCUT2D eigenvalue weighted by molar-refractivity contribution is 7.89. The van der Waals surface area contributed by atoms with Gasteiger partial charge in [-0.25, -0.2) is 8.42 Å². The molecule has 0 saturated heterocycles. The minimum atomic E-state index is -3.66. The molecule has 0 spiro atoms. The molecule has 0 N–H and O–H groups in total. The van der Waals surface area contributed by atoms with Crippen LogP contribution in [-0.2, 0) is 16.6 Å². The second-order valence-corrected chi connectivity index (χ2v) is 12.2. The first-order chi connectivity index (χ1) is 16.6. The van der Waals surface area contributed by atoms with Crippen LogP contribution >= 0.6 is 11.3 Å². The Morgan fingerprint density at radius 3 is 2.20 bits per heavy atom. The molecule has 0 aliphatic heterocycles. The molecule has 35 heavy (non-hydrogen) atoms. The summed E-state index contributed by atoms with van der Waals surface area (Å²) >= 11 is 1.43. The lowest BCUT2D eigenvalue weighted by molar-refractivity contribution is 0.0997. The number of ether oxygens (including phenoxy) is 1. The number of hydrogen-bond donors (Lipinski definition) is 0. The molecule has 0 fully saturated rings. The number of fused-ring (bicyclic) bond motifs is 1. The summed E-state index contributed by atoms with van der Waals surface area (Å²) < 4.78 is 36.8. The van der Waals surface area contributed by atoms with Crippen molar-refractivity contribution < 1.29 is 17.9 Å². The Morgan fingerprint density at radius 2 is 1.66 bits per heavy atom. The summed E-state index contributed by atoms with van der Waals surface area (Å²) in [4.78, 5) is 18.1. The van der Waals surface area contributed by atoms with E-state index in [1.54, 1.807) is 0 Å². The zero-order valence-electron chi connectivity index (χ0n) is 21.3. The number of carbonyl (C=O) groups is 1. The smallest absolute Gasteiger partial charge is 0.279 e. The SMILES string of the molecule is CCOc1cccc2sc(=NC(=O)c3ccc(S(=O)(=O)N(CC(C)C)CC(C)C)cc3)n(CC)c12. The summed E-state index contributed by atoms with van der Waals surface area (Å²) in [6.45, 7) is 14.0. The number of rotatable bonds is 10. The Kier molecular flexibility index (Phi) is 8.90. The zero-order valence-corrected chi connectivity index (χ0v) is 22.9. The van der Waals surface area contributed by atoms with Gasteiger partial charge in [-0.05, 0) is 62.1 Å². The standard InChI is InChI=1S/C26H35N3O4S2/c1-7-29-24-22(33-8-2)10-9-11-23(24)34-26(29)27-25(30)20-12-14-21(15-13-20)35(31,32)28(16-18(3)4)17-19(5)6/h9-15,18-19H,7-8,16-17H2,1-6H3. The van der Waals surface area contributed by atoms with Crippen LogP contribution in [0.25, 0.3) is 10.2 Å². The van der Waals surface area contributed by atoms with Crippen molar-refractivity contribution in [2.75, 3.05) is 19.7 Å². The van der Waals surface area contributed by atoms with Gasteiger partial charge in [0.05, 0.1) is 16.2 Å². The Bertz CT molecular complexity index is 1330. The highest BCUT2D eigenvalue weighted by Crippen LogP contribution is 2.27. The lowest BCUT2D eigenvalue weighted by Crippen LogP contribution is -2.37. The number of aromatic nitrogens is 1. The molecule has 0 aliphatic carbocycles.